The first-order valence-electron chi connectivity index (χ1n) is 8.18. The van der Waals surface area contributed by atoms with Gasteiger partial charge in [0.1, 0.15) is 12.6 Å². The van der Waals surface area contributed by atoms with Crippen LogP contribution in [0.4, 0.5) is 0 Å². The maximum absolute atomic E-state index is 5.69. The minimum atomic E-state index is 0.348. The highest BCUT2D eigenvalue weighted by atomic mass is 32.1. The van der Waals surface area contributed by atoms with E-state index in [-0.39, 0.29) is 0 Å². The van der Waals surface area contributed by atoms with Crippen LogP contribution in [0.2, 0.25) is 0 Å². The second-order valence-corrected chi connectivity index (χ2v) is 6.56. The lowest BCUT2D eigenvalue weighted by Gasteiger charge is -2.39. The van der Waals surface area contributed by atoms with Crippen molar-refractivity contribution >= 4 is 17.3 Å². The normalized spacial score (nSPS) is 21.0. The summed E-state index contributed by atoms with van der Waals surface area (Å²) in [5, 5.41) is 4.29. The highest BCUT2D eigenvalue weighted by Crippen LogP contribution is 2.20. The van der Waals surface area contributed by atoms with E-state index in [2.05, 4.69) is 71.9 Å². The number of nitrogens with one attached hydrogen (secondary N) is 2. The monoisotopic (exact) mass is 326 g/mol. The first-order valence-corrected chi connectivity index (χ1v) is 8.59. The van der Waals surface area contributed by atoms with Crippen molar-refractivity contribution in [2.45, 2.75) is 12.6 Å². The van der Waals surface area contributed by atoms with Crippen LogP contribution < -0.4 is 10.2 Å². The van der Waals surface area contributed by atoms with Gasteiger partial charge < -0.3 is 15.1 Å². The van der Waals surface area contributed by atoms with Gasteiger partial charge in [-0.2, -0.15) is 0 Å². The van der Waals surface area contributed by atoms with Crippen LogP contribution in [0.15, 0.2) is 60.7 Å². The number of thiocarbonyl (C=S) groups is 1. The lowest BCUT2D eigenvalue weighted by Crippen LogP contribution is -3.12. The molecule has 2 atom stereocenters. The summed E-state index contributed by atoms with van der Waals surface area (Å²) >= 11 is 5.69. The summed E-state index contributed by atoms with van der Waals surface area (Å²) in [4.78, 5) is 3.90. The van der Waals surface area contributed by atoms with Crippen molar-refractivity contribution in [1.29, 1.82) is 0 Å². The minimum absolute atomic E-state index is 0.348. The Bertz CT molecular complexity index is 630. The van der Waals surface area contributed by atoms with Gasteiger partial charge in [0.15, 0.2) is 5.11 Å². The van der Waals surface area contributed by atoms with Crippen molar-refractivity contribution < 1.29 is 4.90 Å². The standard InChI is InChI=1S/C19H23N3S/c1-21-12-13-22(18(15-21)17-10-6-3-7-11-17)19(23)20-14-16-8-4-2-5-9-16/h2-11,18H,12-15H2,1H3,(H,20,23)/p+1/t18-/m0/s1. The number of piperazine rings is 1. The third kappa shape index (κ3) is 4.09. The van der Waals surface area contributed by atoms with Gasteiger partial charge in [-0.25, -0.2) is 0 Å². The molecule has 0 bridgehead atoms. The second kappa shape index (κ2) is 7.57. The highest BCUT2D eigenvalue weighted by molar-refractivity contribution is 7.80. The molecule has 3 rings (SSSR count). The van der Waals surface area contributed by atoms with Gasteiger partial charge in [-0.3, -0.25) is 0 Å². The Labute approximate surface area is 143 Å². The summed E-state index contributed by atoms with van der Waals surface area (Å²) in [6, 6.07) is 21.5. The molecule has 0 amide bonds. The van der Waals surface area contributed by atoms with Gasteiger partial charge in [-0.15, -0.1) is 0 Å². The SMILES string of the molecule is C[NH+]1CCN(C(=S)NCc2ccccc2)[C@H](c2ccccc2)C1. The molecule has 1 aliphatic heterocycles. The first kappa shape index (κ1) is 16.0. The molecule has 1 unspecified atom stereocenters. The summed E-state index contributed by atoms with van der Waals surface area (Å²) in [5.74, 6) is 0. The number of nitrogens with zero attached hydrogens (tertiary/aromatic N) is 1. The Morgan fingerprint density at radius 1 is 1.13 bits per heavy atom. The molecular formula is C19H24N3S+. The van der Waals surface area contributed by atoms with E-state index in [1.165, 1.54) is 11.1 Å². The molecule has 2 aromatic rings. The van der Waals surface area contributed by atoms with Crippen molar-refractivity contribution in [2.24, 2.45) is 0 Å². The van der Waals surface area contributed by atoms with Crippen molar-refractivity contribution in [3.05, 3.63) is 71.8 Å². The Hall–Kier alpha value is -1.91. The van der Waals surface area contributed by atoms with Crippen molar-refractivity contribution in [3.8, 4) is 0 Å². The van der Waals surface area contributed by atoms with E-state index in [1.54, 1.807) is 4.90 Å². The van der Waals surface area contributed by atoms with Crippen LogP contribution in [0.3, 0.4) is 0 Å². The summed E-state index contributed by atoms with van der Waals surface area (Å²) < 4.78 is 0. The van der Waals surface area contributed by atoms with E-state index in [0.29, 0.717) is 6.04 Å². The first-order chi connectivity index (χ1) is 11.2. The Morgan fingerprint density at radius 2 is 1.78 bits per heavy atom. The molecule has 4 heteroatoms. The molecule has 23 heavy (non-hydrogen) atoms. The Balaban J connectivity index is 1.69. The molecule has 0 spiro atoms. The number of hydrogen-bond donors (Lipinski definition) is 2. The van der Waals surface area contributed by atoms with Gasteiger partial charge in [0.25, 0.3) is 0 Å². The Morgan fingerprint density at radius 3 is 2.48 bits per heavy atom. The molecule has 0 aromatic heterocycles. The molecule has 120 valence electrons. The summed E-state index contributed by atoms with van der Waals surface area (Å²) in [7, 11) is 2.26. The highest BCUT2D eigenvalue weighted by Gasteiger charge is 2.30. The molecule has 1 aliphatic rings. The average Bonchev–Trinajstić information content (AvgIpc) is 2.61. The van der Waals surface area contributed by atoms with Crippen LogP contribution in [0.5, 0.6) is 0 Å². The van der Waals surface area contributed by atoms with Crippen LogP contribution in [-0.2, 0) is 6.54 Å². The topological polar surface area (TPSA) is 19.7 Å². The summed E-state index contributed by atoms with van der Waals surface area (Å²) in [5.41, 5.74) is 2.60. The molecular weight excluding hydrogens is 302 g/mol. The van der Waals surface area contributed by atoms with Crippen LogP contribution in [-0.4, -0.2) is 36.7 Å². The number of benzene rings is 2. The van der Waals surface area contributed by atoms with Crippen LogP contribution in [0.25, 0.3) is 0 Å². The fourth-order valence-corrected chi connectivity index (χ4v) is 3.39. The third-order valence-electron chi connectivity index (χ3n) is 4.43. The summed E-state index contributed by atoms with van der Waals surface area (Å²) in [6.45, 7) is 3.97. The van der Waals surface area contributed by atoms with Gasteiger partial charge in [0.05, 0.1) is 20.1 Å². The van der Waals surface area contributed by atoms with Crippen LogP contribution in [0, 0.1) is 0 Å². The van der Waals surface area contributed by atoms with E-state index in [4.69, 9.17) is 12.2 Å². The Kier molecular flexibility index (Phi) is 5.26. The van der Waals surface area contributed by atoms with Gasteiger partial charge in [-0.1, -0.05) is 60.7 Å². The van der Waals surface area contributed by atoms with Gasteiger partial charge in [0.2, 0.25) is 0 Å². The van der Waals surface area contributed by atoms with Crippen LogP contribution >= 0.6 is 12.2 Å². The molecule has 1 saturated heterocycles. The summed E-state index contributed by atoms with van der Waals surface area (Å²) in [6.07, 6.45) is 0. The molecule has 2 aromatic carbocycles. The molecule has 0 aliphatic carbocycles. The lowest BCUT2D eigenvalue weighted by molar-refractivity contribution is -0.887. The smallest absolute Gasteiger partial charge is 0.170 e. The second-order valence-electron chi connectivity index (χ2n) is 6.18. The quantitative estimate of drug-likeness (QED) is 0.837. The lowest BCUT2D eigenvalue weighted by atomic mass is 10.0. The van der Waals surface area contributed by atoms with Crippen molar-refractivity contribution in [2.75, 3.05) is 26.7 Å². The molecule has 1 fully saturated rings. The maximum atomic E-state index is 5.69. The minimum Gasteiger partial charge on any atom is -0.358 e. The zero-order valence-corrected chi connectivity index (χ0v) is 14.4. The molecule has 3 nitrogen and oxygen atoms in total. The fourth-order valence-electron chi connectivity index (χ4n) is 3.10. The fraction of sp³-hybridized carbons (Fsp3) is 0.316. The number of likely N-dealkylation sites (N-methyl/N-ethyl adjacent to an activating group) is 1. The predicted molar refractivity (Wildman–Crippen MR) is 98.4 cm³/mol. The zero-order chi connectivity index (χ0) is 16.1. The van der Waals surface area contributed by atoms with Crippen LogP contribution in [0.1, 0.15) is 17.2 Å². The van der Waals surface area contributed by atoms with E-state index in [1.807, 2.05) is 6.07 Å². The molecule has 2 N–H and O–H groups in total. The van der Waals surface area contributed by atoms with Gasteiger partial charge in [-0.05, 0) is 23.3 Å². The van der Waals surface area contributed by atoms with E-state index >= 15 is 0 Å². The predicted octanol–water partition coefficient (Wildman–Crippen LogP) is 1.63. The van der Waals surface area contributed by atoms with E-state index in [0.717, 1.165) is 31.3 Å². The molecule has 0 saturated carbocycles. The van der Waals surface area contributed by atoms with Crippen molar-refractivity contribution in [3.63, 3.8) is 0 Å². The maximum Gasteiger partial charge on any atom is 0.170 e. The molecule has 0 radical (unpaired) electrons. The van der Waals surface area contributed by atoms with Gasteiger partial charge in [0, 0.05) is 6.54 Å². The zero-order valence-electron chi connectivity index (χ0n) is 13.5. The average molecular weight is 326 g/mol. The van der Waals surface area contributed by atoms with E-state index < -0.39 is 0 Å². The van der Waals surface area contributed by atoms with Crippen molar-refractivity contribution in [1.82, 2.24) is 10.2 Å². The number of rotatable bonds is 3. The number of quaternary nitrogens is 1. The van der Waals surface area contributed by atoms with E-state index in [9.17, 15) is 0 Å². The molecule has 1 heterocycles. The van der Waals surface area contributed by atoms with Gasteiger partial charge >= 0.3 is 0 Å². The third-order valence-corrected chi connectivity index (χ3v) is 4.81. The largest absolute Gasteiger partial charge is 0.358 e. The number of hydrogen-bond acceptors (Lipinski definition) is 1.